The van der Waals surface area contributed by atoms with E-state index in [9.17, 15) is 0 Å². The zero-order valence-corrected chi connectivity index (χ0v) is 14.6. The van der Waals surface area contributed by atoms with Crippen molar-refractivity contribution >= 4 is 27.5 Å². The predicted octanol–water partition coefficient (Wildman–Crippen LogP) is 5.43. The number of hydrogen-bond acceptors (Lipinski definition) is 1. The number of hydrogen-bond donors (Lipinski definition) is 1. The van der Waals surface area contributed by atoms with Crippen LogP contribution in [0, 0.1) is 0 Å². The van der Waals surface area contributed by atoms with Crippen molar-refractivity contribution in [2.75, 3.05) is 13.1 Å². The number of benzene rings is 2. The summed E-state index contributed by atoms with van der Waals surface area (Å²) in [4.78, 5) is 0. The Hall–Kier alpha value is -0.830. The Balaban J connectivity index is 2.13. The highest BCUT2D eigenvalue weighted by Gasteiger charge is 2.12. The van der Waals surface area contributed by atoms with Crippen LogP contribution in [0.4, 0.5) is 0 Å². The lowest BCUT2D eigenvalue weighted by Gasteiger charge is -2.18. The normalized spacial score (nSPS) is 12.3. The van der Waals surface area contributed by atoms with Gasteiger partial charge >= 0.3 is 0 Å². The van der Waals surface area contributed by atoms with Crippen molar-refractivity contribution in [2.45, 2.75) is 25.7 Å². The molecule has 2 rings (SSSR count). The van der Waals surface area contributed by atoms with Gasteiger partial charge in [0.15, 0.2) is 0 Å². The molecular weight excluding hydrogens is 346 g/mol. The fourth-order valence-corrected chi connectivity index (χ4v) is 3.02. The molecule has 0 radical (unpaired) electrons. The van der Waals surface area contributed by atoms with E-state index < -0.39 is 0 Å². The van der Waals surface area contributed by atoms with Crippen molar-refractivity contribution in [1.29, 1.82) is 0 Å². The Morgan fingerprint density at radius 1 is 1.14 bits per heavy atom. The summed E-state index contributed by atoms with van der Waals surface area (Å²) in [5.41, 5.74) is 2.69. The molecule has 0 saturated heterocycles. The summed E-state index contributed by atoms with van der Waals surface area (Å²) < 4.78 is 1.14. The van der Waals surface area contributed by atoms with Crippen LogP contribution in [0.25, 0.3) is 0 Å². The second kappa shape index (κ2) is 8.57. The van der Waals surface area contributed by atoms with E-state index in [-0.39, 0.29) is 0 Å². The summed E-state index contributed by atoms with van der Waals surface area (Å²) in [6.45, 7) is 4.24. The number of halogens is 2. The molecule has 0 aliphatic heterocycles. The molecule has 21 heavy (non-hydrogen) atoms. The van der Waals surface area contributed by atoms with Crippen LogP contribution >= 0.6 is 27.5 Å². The van der Waals surface area contributed by atoms with E-state index in [1.54, 1.807) is 0 Å². The highest BCUT2D eigenvalue weighted by molar-refractivity contribution is 9.10. The van der Waals surface area contributed by atoms with Gasteiger partial charge in [0, 0.05) is 22.0 Å². The first-order valence-corrected chi connectivity index (χ1v) is 8.56. The molecule has 1 nitrogen and oxygen atoms in total. The molecule has 0 spiro atoms. The summed E-state index contributed by atoms with van der Waals surface area (Å²) >= 11 is 9.55. The summed E-state index contributed by atoms with van der Waals surface area (Å²) in [7, 11) is 0. The minimum absolute atomic E-state index is 0.461. The molecule has 0 amide bonds. The molecule has 0 bridgehead atoms. The molecule has 2 aromatic carbocycles. The van der Waals surface area contributed by atoms with Crippen LogP contribution in [0.2, 0.25) is 5.02 Å². The maximum atomic E-state index is 6.00. The van der Waals surface area contributed by atoms with Gasteiger partial charge in [-0.05, 0) is 54.8 Å². The van der Waals surface area contributed by atoms with Crippen molar-refractivity contribution in [3.63, 3.8) is 0 Å². The van der Waals surface area contributed by atoms with E-state index >= 15 is 0 Å². The fraction of sp³-hybridized carbons (Fsp3) is 0.333. The first kappa shape index (κ1) is 16.5. The zero-order chi connectivity index (χ0) is 15.1. The minimum atomic E-state index is 0.461. The molecule has 0 heterocycles. The third kappa shape index (κ3) is 5.46. The number of nitrogens with one attached hydrogen (secondary N) is 1. The van der Waals surface area contributed by atoms with Gasteiger partial charge in [0.25, 0.3) is 0 Å². The Morgan fingerprint density at radius 2 is 1.90 bits per heavy atom. The molecule has 1 unspecified atom stereocenters. The van der Waals surface area contributed by atoms with Crippen LogP contribution in [0.5, 0.6) is 0 Å². The third-order valence-electron chi connectivity index (χ3n) is 3.53. The SMILES string of the molecule is CCCNCC(Cc1cccc(Br)c1)c1ccc(Cl)cc1. The van der Waals surface area contributed by atoms with Crippen molar-refractivity contribution < 1.29 is 0 Å². The van der Waals surface area contributed by atoms with Crippen LogP contribution in [0.1, 0.15) is 30.4 Å². The molecule has 0 fully saturated rings. The lowest BCUT2D eigenvalue weighted by Crippen LogP contribution is -2.23. The summed E-state index contributed by atoms with van der Waals surface area (Å²) in [6, 6.07) is 16.8. The van der Waals surface area contributed by atoms with Gasteiger partial charge in [-0.2, -0.15) is 0 Å². The quantitative estimate of drug-likeness (QED) is 0.644. The van der Waals surface area contributed by atoms with Gasteiger partial charge in [0.05, 0.1) is 0 Å². The largest absolute Gasteiger partial charge is 0.316 e. The van der Waals surface area contributed by atoms with Crippen molar-refractivity contribution in [1.82, 2.24) is 5.32 Å². The molecule has 1 N–H and O–H groups in total. The molecule has 0 aromatic heterocycles. The Labute approximate surface area is 140 Å². The first-order chi connectivity index (χ1) is 10.2. The minimum Gasteiger partial charge on any atom is -0.316 e. The second-order valence-corrected chi connectivity index (χ2v) is 6.64. The number of rotatable bonds is 7. The van der Waals surface area contributed by atoms with E-state index in [0.717, 1.165) is 35.4 Å². The van der Waals surface area contributed by atoms with Crippen LogP contribution in [-0.4, -0.2) is 13.1 Å². The molecule has 0 saturated carbocycles. The summed E-state index contributed by atoms with van der Waals surface area (Å²) in [6.07, 6.45) is 2.18. The molecule has 0 aliphatic rings. The van der Waals surface area contributed by atoms with Gasteiger partial charge in [-0.25, -0.2) is 0 Å². The lowest BCUT2D eigenvalue weighted by atomic mass is 9.92. The average molecular weight is 367 g/mol. The molecule has 112 valence electrons. The Morgan fingerprint density at radius 3 is 2.57 bits per heavy atom. The average Bonchev–Trinajstić information content (AvgIpc) is 2.47. The molecule has 3 heteroatoms. The zero-order valence-electron chi connectivity index (χ0n) is 12.3. The predicted molar refractivity (Wildman–Crippen MR) is 95.2 cm³/mol. The van der Waals surface area contributed by atoms with E-state index in [0.29, 0.717) is 5.92 Å². The maximum absolute atomic E-state index is 6.00. The van der Waals surface area contributed by atoms with E-state index in [4.69, 9.17) is 11.6 Å². The van der Waals surface area contributed by atoms with E-state index in [2.05, 4.69) is 64.6 Å². The van der Waals surface area contributed by atoms with Crippen molar-refractivity contribution in [2.24, 2.45) is 0 Å². The highest BCUT2D eigenvalue weighted by Crippen LogP contribution is 2.23. The topological polar surface area (TPSA) is 12.0 Å². The van der Waals surface area contributed by atoms with Crippen molar-refractivity contribution in [3.8, 4) is 0 Å². The maximum Gasteiger partial charge on any atom is 0.0406 e. The lowest BCUT2D eigenvalue weighted by molar-refractivity contribution is 0.576. The van der Waals surface area contributed by atoms with Crippen LogP contribution < -0.4 is 5.32 Å². The van der Waals surface area contributed by atoms with E-state index in [1.165, 1.54) is 11.1 Å². The van der Waals surface area contributed by atoms with Crippen molar-refractivity contribution in [3.05, 3.63) is 69.2 Å². The molecule has 2 aromatic rings. The van der Waals surface area contributed by atoms with E-state index in [1.807, 2.05) is 12.1 Å². The van der Waals surface area contributed by atoms with Crippen LogP contribution in [-0.2, 0) is 6.42 Å². The van der Waals surface area contributed by atoms with Gasteiger partial charge in [-0.1, -0.05) is 58.7 Å². The smallest absolute Gasteiger partial charge is 0.0406 e. The van der Waals surface area contributed by atoms with Gasteiger partial charge in [0.2, 0.25) is 0 Å². The Kier molecular flexibility index (Phi) is 6.75. The highest BCUT2D eigenvalue weighted by atomic mass is 79.9. The monoisotopic (exact) mass is 365 g/mol. The summed E-state index contributed by atoms with van der Waals surface area (Å²) in [5, 5.41) is 4.33. The van der Waals surface area contributed by atoms with Gasteiger partial charge in [-0.15, -0.1) is 0 Å². The summed E-state index contributed by atoms with van der Waals surface area (Å²) in [5.74, 6) is 0.461. The first-order valence-electron chi connectivity index (χ1n) is 7.39. The van der Waals surface area contributed by atoms with Crippen LogP contribution in [0.3, 0.4) is 0 Å². The Bertz CT molecular complexity index is 553. The molecule has 1 atom stereocenters. The third-order valence-corrected chi connectivity index (χ3v) is 4.28. The van der Waals surface area contributed by atoms with Gasteiger partial charge < -0.3 is 5.32 Å². The van der Waals surface area contributed by atoms with Gasteiger partial charge in [-0.3, -0.25) is 0 Å². The standard InChI is InChI=1S/C18H21BrClN/c1-2-10-21-13-16(15-6-8-18(20)9-7-15)11-14-4-3-5-17(19)12-14/h3-9,12,16,21H,2,10-11,13H2,1H3. The molecular formula is C18H21BrClN. The second-order valence-electron chi connectivity index (χ2n) is 5.29. The van der Waals surface area contributed by atoms with Gasteiger partial charge in [0.1, 0.15) is 0 Å². The van der Waals surface area contributed by atoms with Crippen LogP contribution in [0.15, 0.2) is 53.0 Å². The fourth-order valence-electron chi connectivity index (χ4n) is 2.44. The molecule has 0 aliphatic carbocycles.